The third kappa shape index (κ3) is 5.42. The Morgan fingerprint density at radius 3 is 2.66 bits per heavy atom. The molecule has 1 aromatic carbocycles. The Bertz CT molecular complexity index is 1200. The number of aromatic nitrogens is 1. The number of pyridine rings is 1. The molecule has 1 aliphatic heterocycles. The average Bonchev–Trinajstić information content (AvgIpc) is 2.76. The molecule has 2 aromatic rings. The van der Waals surface area contributed by atoms with E-state index in [2.05, 4.69) is 22.5 Å². The van der Waals surface area contributed by atoms with Gasteiger partial charge in [-0.1, -0.05) is 30.3 Å². The zero-order valence-electron chi connectivity index (χ0n) is 17.8. The number of nitrogens with one attached hydrogen (secondary N) is 1. The zero-order chi connectivity index (χ0) is 23.3. The number of piperidine rings is 1. The van der Waals surface area contributed by atoms with E-state index in [0.717, 1.165) is 0 Å². The minimum Gasteiger partial charge on any atom is -0.293 e. The lowest BCUT2D eigenvalue weighted by Gasteiger charge is -2.38. The molecular weight excluding hydrogens is 430 g/mol. The molecule has 0 radical (unpaired) electrons. The first kappa shape index (κ1) is 23.2. The highest BCUT2D eigenvalue weighted by molar-refractivity contribution is 7.91. The van der Waals surface area contributed by atoms with Crippen molar-refractivity contribution in [2.24, 2.45) is 10.9 Å². The first-order valence-electron chi connectivity index (χ1n) is 10.2. The molecule has 2 unspecified atom stereocenters. The number of nitriles is 1. The summed E-state index contributed by atoms with van der Waals surface area (Å²) in [4.78, 5) is 28.2. The maximum Gasteiger partial charge on any atom is 0.293 e. The van der Waals surface area contributed by atoms with Gasteiger partial charge in [0, 0.05) is 18.7 Å². The van der Waals surface area contributed by atoms with Crippen LogP contribution in [0.2, 0.25) is 0 Å². The van der Waals surface area contributed by atoms with Crippen molar-refractivity contribution in [3.63, 3.8) is 0 Å². The highest BCUT2D eigenvalue weighted by Gasteiger charge is 2.31. The number of carbonyl (C=O) groups excluding carboxylic acids is 1. The monoisotopic (exact) mass is 455 g/mol. The molecule has 0 saturated carbocycles. The van der Waals surface area contributed by atoms with Crippen molar-refractivity contribution >= 4 is 28.3 Å². The molecule has 32 heavy (non-hydrogen) atoms. The molecular formula is C22H25N5O4S. The summed E-state index contributed by atoms with van der Waals surface area (Å²) in [5.41, 5.74) is 0.534. The fraction of sp³-hybridized carbons (Fsp3) is 0.364. The molecule has 168 valence electrons. The SMILES string of the molecule is C=NC(=O)CC1CCN(n2c(C)ccc(NS(=O)(=O)Cc3ccccc3)c2=O)C(C#N)C1. The lowest BCUT2D eigenvalue weighted by Crippen LogP contribution is -2.53. The van der Waals surface area contributed by atoms with Crippen LogP contribution in [0.1, 0.15) is 30.5 Å². The van der Waals surface area contributed by atoms with Gasteiger partial charge < -0.3 is 0 Å². The van der Waals surface area contributed by atoms with Crippen LogP contribution in [-0.4, -0.2) is 38.3 Å². The third-order valence-electron chi connectivity index (χ3n) is 5.44. The first-order valence-corrected chi connectivity index (χ1v) is 11.8. The summed E-state index contributed by atoms with van der Waals surface area (Å²) >= 11 is 0. The maximum atomic E-state index is 13.2. The van der Waals surface area contributed by atoms with E-state index >= 15 is 0 Å². The van der Waals surface area contributed by atoms with E-state index in [0.29, 0.717) is 30.6 Å². The predicted octanol–water partition coefficient (Wildman–Crippen LogP) is 1.96. The third-order valence-corrected chi connectivity index (χ3v) is 6.69. The number of anilines is 1. The summed E-state index contributed by atoms with van der Waals surface area (Å²) in [6.07, 6.45) is 1.20. The van der Waals surface area contributed by atoms with Gasteiger partial charge >= 0.3 is 0 Å². The Hall–Kier alpha value is -3.45. The fourth-order valence-corrected chi connectivity index (χ4v) is 5.09. The minimum absolute atomic E-state index is 0.0301. The van der Waals surface area contributed by atoms with Crippen LogP contribution in [0.25, 0.3) is 0 Å². The van der Waals surface area contributed by atoms with Crippen molar-refractivity contribution in [2.75, 3.05) is 16.3 Å². The van der Waals surface area contributed by atoms with Gasteiger partial charge in [0.2, 0.25) is 15.9 Å². The van der Waals surface area contributed by atoms with Crippen molar-refractivity contribution in [3.05, 3.63) is 64.1 Å². The molecule has 2 heterocycles. The number of benzene rings is 1. The number of rotatable bonds is 7. The highest BCUT2D eigenvalue weighted by Crippen LogP contribution is 2.25. The first-order chi connectivity index (χ1) is 15.2. The number of hydrogen-bond donors (Lipinski definition) is 1. The van der Waals surface area contributed by atoms with Crippen LogP contribution in [0, 0.1) is 24.2 Å². The number of nitrogens with zero attached hydrogens (tertiary/aromatic N) is 4. The van der Waals surface area contributed by atoms with Crippen LogP contribution in [0.15, 0.2) is 52.3 Å². The Kier molecular flexibility index (Phi) is 7.10. The van der Waals surface area contributed by atoms with Crippen molar-refractivity contribution in [3.8, 4) is 6.07 Å². The van der Waals surface area contributed by atoms with E-state index in [4.69, 9.17) is 0 Å². The molecule has 1 N–H and O–H groups in total. The molecule has 1 amide bonds. The number of aliphatic imine (C=N–C) groups is 1. The molecule has 10 heteroatoms. The Balaban J connectivity index is 1.85. The summed E-state index contributed by atoms with van der Waals surface area (Å²) in [5, 5.41) is 11.3. The van der Waals surface area contributed by atoms with E-state index < -0.39 is 21.6 Å². The van der Waals surface area contributed by atoms with E-state index in [-0.39, 0.29) is 29.7 Å². The summed E-state index contributed by atoms with van der Waals surface area (Å²) < 4.78 is 29.0. The lowest BCUT2D eigenvalue weighted by atomic mass is 9.89. The lowest BCUT2D eigenvalue weighted by molar-refractivity contribution is -0.118. The van der Waals surface area contributed by atoms with Crippen LogP contribution < -0.4 is 15.3 Å². The molecule has 1 fully saturated rings. The van der Waals surface area contributed by atoms with Gasteiger partial charge in [-0.05, 0) is 50.1 Å². The number of aryl methyl sites for hydroxylation is 1. The second kappa shape index (κ2) is 9.78. The van der Waals surface area contributed by atoms with Crippen LogP contribution in [0.4, 0.5) is 5.69 Å². The molecule has 0 bridgehead atoms. The number of sulfonamides is 1. The Morgan fingerprint density at radius 1 is 1.28 bits per heavy atom. The zero-order valence-corrected chi connectivity index (χ0v) is 18.6. The van der Waals surface area contributed by atoms with Gasteiger partial charge in [0.25, 0.3) is 5.56 Å². The van der Waals surface area contributed by atoms with Crippen LogP contribution >= 0.6 is 0 Å². The molecule has 0 spiro atoms. The normalized spacial score (nSPS) is 18.6. The summed E-state index contributed by atoms with van der Waals surface area (Å²) in [6, 6.07) is 13.3. The Morgan fingerprint density at radius 2 is 2.00 bits per heavy atom. The van der Waals surface area contributed by atoms with Gasteiger partial charge in [-0.15, -0.1) is 0 Å². The van der Waals surface area contributed by atoms with E-state index in [9.17, 15) is 23.3 Å². The van der Waals surface area contributed by atoms with E-state index in [1.165, 1.54) is 10.7 Å². The van der Waals surface area contributed by atoms with E-state index in [1.807, 2.05) is 0 Å². The average molecular weight is 456 g/mol. The number of carbonyl (C=O) groups is 1. The van der Waals surface area contributed by atoms with E-state index in [1.54, 1.807) is 48.3 Å². The second-order valence-corrected chi connectivity index (χ2v) is 9.53. The second-order valence-electron chi connectivity index (χ2n) is 7.81. The summed E-state index contributed by atoms with van der Waals surface area (Å²) in [6.45, 7) is 5.33. The van der Waals surface area contributed by atoms with Crippen molar-refractivity contribution in [2.45, 2.75) is 38.0 Å². The van der Waals surface area contributed by atoms with Gasteiger partial charge in [0.15, 0.2) is 0 Å². The highest BCUT2D eigenvalue weighted by atomic mass is 32.2. The van der Waals surface area contributed by atoms with Gasteiger partial charge in [-0.25, -0.2) is 18.1 Å². The molecule has 2 atom stereocenters. The quantitative estimate of drug-likeness (QED) is 0.636. The van der Waals surface area contributed by atoms with Gasteiger partial charge in [-0.2, -0.15) is 5.26 Å². The fourth-order valence-electron chi connectivity index (χ4n) is 3.90. The maximum absolute atomic E-state index is 13.2. The van der Waals surface area contributed by atoms with Crippen LogP contribution in [-0.2, 0) is 20.6 Å². The predicted molar refractivity (Wildman–Crippen MR) is 123 cm³/mol. The van der Waals surface area contributed by atoms with Gasteiger partial charge in [0.1, 0.15) is 11.7 Å². The number of amides is 1. The molecule has 0 aliphatic carbocycles. The van der Waals surface area contributed by atoms with Crippen molar-refractivity contribution in [1.29, 1.82) is 5.26 Å². The Labute approximate surface area is 187 Å². The van der Waals surface area contributed by atoms with Crippen LogP contribution in [0.3, 0.4) is 0 Å². The molecule has 1 aromatic heterocycles. The largest absolute Gasteiger partial charge is 0.293 e. The molecule has 3 rings (SSSR count). The molecule has 1 saturated heterocycles. The van der Waals surface area contributed by atoms with Crippen molar-refractivity contribution in [1.82, 2.24) is 4.68 Å². The smallest absolute Gasteiger partial charge is 0.293 e. The molecule has 9 nitrogen and oxygen atoms in total. The summed E-state index contributed by atoms with van der Waals surface area (Å²) in [7, 11) is -3.82. The summed E-state index contributed by atoms with van der Waals surface area (Å²) in [5.74, 6) is -0.612. The van der Waals surface area contributed by atoms with Crippen LogP contribution in [0.5, 0.6) is 0 Å². The van der Waals surface area contributed by atoms with Gasteiger partial charge in [0.05, 0.1) is 11.8 Å². The molecule has 1 aliphatic rings. The minimum atomic E-state index is -3.82. The topological polar surface area (TPSA) is 125 Å². The standard InChI is InChI=1S/C22H25N5O4S/c1-16-8-9-20(25-32(30,31)15-17-6-4-3-5-7-17)22(29)27(16)26-11-10-18(12-19(26)14-23)13-21(28)24-2/h3-9,18-19,25H,2,10-13,15H2,1H3. The number of hydrogen-bond acceptors (Lipinski definition) is 6. The van der Waals surface area contributed by atoms with Crippen molar-refractivity contribution < 1.29 is 13.2 Å². The van der Waals surface area contributed by atoms with Gasteiger partial charge in [-0.3, -0.25) is 19.3 Å².